The minimum absolute atomic E-state index is 0.394. The summed E-state index contributed by atoms with van der Waals surface area (Å²) in [7, 11) is 0. The summed E-state index contributed by atoms with van der Waals surface area (Å²) in [5.41, 5.74) is 15.9. The zero-order valence-corrected chi connectivity index (χ0v) is 14.0. The van der Waals surface area contributed by atoms with Crippen LogP contribution in [0.5, 0.6) is 0 Å². The van der Waals surface area contributed by atoms with Crippen LogP contribution in [0.4, 0.5) is 5.69 Å². The molecule has 0 amide bonds. The molecule has 0 atom stereocenters. The van der Waals surface area contributed by atoms with E-state index in [1.807, 2.05) is 30.6 Å². The second-order valence-electron chi connectivity index (χ2n) is 6.90. The van der Waals surface area contributed by atoms with Gasteiger partial charge in [0.2, 0.25) is 0 Å². The molecule has 0 bridgehead atoms. The molecule has 2 N–H and O–H groups in total. The SMILES string of the molecule is Nc1ccc2c(c1)C1(c3ccccc3-2)c2cccnc2-c2ncccc21. The third-order valence-corrected chi connectivity index (χ3v) is 5.72. The lowest BCUT2D eigenvalue weighted by atomic mass is 9.71. The maximum Gasteiger partial charge on any atom is 0.0937 e. The molecule has 0 aliphatic heterocycles. The molecule has 0 unspecified atom stereocenters. The number of rotatable bonds is 0. The lowest BCUT2D eigenvalue weighted by Gasteiger charge is -2.29. The number of nitrogen functional groups attached to an aromatic ring is 1. The Morgan fingerprint density at radius 2 is 1.23 bits per heavy atom. The first-order valence-corrected chi connectivity index (χ1v) is 8.73. The first-order chi connectivity index (χ1) is 12.8. The molecule has 2 heterocycles. The molecular weight excluding hydrogens is 318 g/mol. The summed E-state index contributed by atoms with van der Waals surface area (Å²) >= 11 is 0. The van der Waals surface area contributed by atoms with E-state index in [9.17, 15) is 0 Å². The van der Waals surface area contributed by atoms with Gasteiger partial charge in [0.25, 0.3) is 0 Å². The number of benzene rings is 2. The molecule has 122 valence electrons. The predicted molar refractivity (Wildman–Crippen MR) is 103 cm³/mol. The molecular formula is C23H15N3. The second-order valence-corrected chi connectivity index (χ2v) is 6.90. The van der Waals surface area contributed by atoms with Gasteiger partial charge in [-0.15, -0.1) is 0 Å². The topological polar surface area (TPSA) is 51.8 Å². The maximum atomic E-state index is 6.23. The molecule has 26 heavy (non-hydrogen) atoms. The normalized spacial score (nSPS) is 14.6. The summed E-state index contributed by atoms with van der Waals surface area (Å²) in [4.78, 5) is 9.39. The van der Waals surface area contributed by atoms with Crippen molar-refractivity contribution >= 4 is 5.69 Å². The van der Waals surface area contributed by atoms with Gasteiger partial charge in [-0.2, -0.15) is 0 Å². The van der Waals surface area contributed by atoms with Crippen LogP contribution in [-0.4, -0.2) is 9.97 Å². The van der Waals surface area contributed by atoms with E-state index in [1.54, 1.807) is 0 Å². The third kappa shape index (κ3) is 1.41. The predicted octanol–water partition coefficient (Wildman–Crippen LogP) is 4.40. The Bertz CT molecular complexity index is 1150. The van der Waals surface area contributed by atoms with Crippen molar-refractivity contribution in [1.82, 2.24) is 9.97 Å². The fourth-order valence-electron chi connectivity index (χ4n) is 4.82. The average Bonchev–Trinajstić information content (AvgIpc) is 3.15. The Morgan fingerprint density at radius 3 is 1.96 bits per heavy atom. The van der Waals surface area contributed by atoms with Crippen LogP contribution in [0.15, 0.2) is 79.1 Å². The smallest absolute Gasteiger partial charge is 0.0937 e. The fraction of sp³-hybridized carbons (Fsp3) is 0.0435. The molecule has 2 aliphatic rings. The Kier molecular flexibility index (Phi) is 2.43. The summed E-state index contributed by atoms with van der Waals surface area (Å²) < 4.78 is 0. The molecule has 0 saturated carbocycles. The van der Waals surface area contributed by atoms with Crippen LogP contribution < -0.4 is 5.73 Å². The van der Waals surface area contributed by atoms with Gasteiger partial charge in [-0.3, -0.25) is 9.97 Å². The van der Waals surface area contributed by atoms with Gasteiger partial charge >= 0.3 is 0 Å². The molecule has 0 fully saturated rings. The fourth-order valence-corrected chi connectivity index (χ4v) is 4.82. The van der Waals surface area contributed by atoms with E-state index < -0.39 is 5.41 Å². The van der Waals surface area contributed by atoms with Crippen LogP contribution in [0.1, 0.15) is 22.3 Å². The summed E-state index contributed by atoms with van der Waals surface area (Å²) in [6, 6.07) is 23.3. The Hall–Kier alpha value is -3.46. The van der Waals surface area contributed by atoms with Gasteiger partial charge in [0, 0.05) is 18.1 Å². The number of aromatic nitrogens is 2. The molecule has 1 spiro atoms. The Morgan fingerprint density at radius 1 is 0.615 bits per heavy atom. The number of anilines is 1. The van der Waals surface area contributed by atoms with Gasteiger partial charge in [-0.25, -0.2) is 0 Å². The molecule has 3 nitrogen and oxygen atoms in total. The van der Waals surface area contributed by atoms with E-state index in [4.69, 9.17) is 15.7 Å². The quantitative estimate of drug-likeness (QED) is 0.419. The molecule has 2 aromatic carbocycles. The van der Waals surface area contributed by atoms with Crippen LogP contribution >= 0.6 is 0 Å². The largest absolute Gasteiger partial charge is 0.399 e. The highest BCUT2D eigenvalue weighted by Crippen LogP contribution is 2.61. The van der Waals surface area contributed by atoms with Crippen molar-refractivity contribution in [2.75, 3.05) is 5.73 Å². The number of nitrogens with two attached hydrogens (primary N) is 1. The number of fused-ring (bicyclic) bond motifs is 10. The van der Waals surface area contributed by atoms with E-state index in [1.165, 1.54) is 33.4 Å². The lowest BCUT2D eigenvalue weighted by molar-refractivity contribution is 0.790. The summed E-state index contributed by atoms with van der Waals surface area (Å²) in [6.07, 6.45) is 3.69. The molecule has 6 rings (SSSR count). The number of pyridine rings is 2. The molecule has 2 aromatic heterocycles. The van der Waals surface area contributed by atoms with Gasteiger partial charge < -0.3 is 5.73 Å². The molecule has 4 aromatic rings. The van der Waals surface area contributed by atoms with Crippen molar-refractivity contribution < 1.29 is 0 Å². The molecule has 0 radical (unpaired) electrons. The minimum Gasteiger partial charge on any atom is -0.399 e. The van der Waals surface area contributed by atoms with Gasteiger partial charge in [-0.1, -0.05) is 42.5 Å². The van der Waals surface area contributed by atoms with Crippen molar-refractivity contribution in [3.63, 3.8) is 0 Å². The molecule has 0 saturated heterocycles. The highest BCUT2D eigenvalue weighted by molar-refractivity contribution is 5.93. The highest BCUT2D eigenvalue weighted by Gasteiger charge is 2.52. The summed E-state index contributed by atoms with van der Waals surface area (Å²) in [6.45, 7) is 0. The van der Waals surface area contributed by atoms with Gasteiger partial charge in [0.1, 0.15) is 0 Å². The number of hydrogen-bond acceptors (Lipinski definition) is 3. The highest BCUT2D eigenvalue weighted by atomic mass is 14.8. The van der Waals surface area contributed by atoms with Crippen LogP contribution in [0.3, 0.4) is 0 Å². The van der Waals surface area contributed by atoms with Crippen molar-refractivity contribution in [3.05, 3.63) is 101 Å². The molecule has 3 heteroatoms. The van der Waals surface area contributed by atoms with Crippen LogP contribution in [0.25, 0.3) is 22.5 Å². The first-order valence-electron chi connectivity index (χ1n) is 8.73. The average molecular weight is 333 g/mol. The van der Waals surface area contributed by atoms with Crippen molar-refractivity contribution in [1.29, 1.82) is 0 Å². The van der Waals surface area contributed by atoms with Crippen molar-refractivity contribution in [3.8, 4) is 22.5 Å². The Balaban J connectivity index is 1.88. The van der Waals surface area contributed by atoms with Gasteiger partial charge in [0.05, 0.1) is 16.8 Å². The molecule has 2 aliphatic carbocycles. The zero-order valence-electron chi connectivity index (χ0n) is 14.0. The standard InChI is InChI=1S/C23H15N3/c24-14-9-10-16-15-5-1-2-6-17(15)23(20(16)13-14)18-7-3-11-25-21(18)22-19(23)8-4-12-26-22/h1-13H,24H2. The van der Waals surface area contributed by atoms with E-state index in [2.05, 4.69) is 48.5 Å². The minimum atomic E-state index is -0.394. The van der Waals surface area contributed by atoms with Crippen molar-refractivity contribution in [2.24, 2.45) is 0 Å². The van der Waals surface area contributed by atoms with E-state index in [0.29, 0.717) is 0 Å². The van der Waals surface area contributed by atoms with E-state index in [0.717, 1.165) is 17.1 Å². The third-order valence-electron chi connectivity index (χ3n) is 5.72. The lowest BCUT2D eigenvalue weighted by Crippen LogP contribution is -2.26. The van der Waals surface area contributed by atoms with Gasteiger partial charge in [0.15, 0.2) is 0 Å². The van der Waals surface area contributed by atoms with Crippen molar-refractivity contribution in [2.45, 2.75) is 5.41 Å². The van der Waals surface area contributed by atoms with Crippen LogP contribution in [-0.2, 0) is 5.41 Å². The van der Waals surface area contributed by atoms with E-state index >= 15 is 0 Å². The van der Waals surface area contributed by atoms with E-state index in [-0.39, 0.29) is 0 Å². The summed E-state index contributed by atoms with van der Waals surface area (Å²) in [5.74, 6) is 0. The first kappa shape index (κ1) is 13.8. The van der Waals surface area contributed by atoms with Crippen LogP contribution in [0, 0.1) is 0 Å². The maximum absolute atomic E-state index is 6.23. The second kappa shape index (κ2) is 4.58. The number of nitrogens with zero attached hydrogens (tertiary/aromatic N) is 2. The van der Waals surface area contributed by atoms with Crippen LogP contribution in [0.2, 0.25) is 0 Å². The van der Waals surface area contributed by atoms with Gasteiger partial charge in [-0.05, 0) is 57.6 Å². The zero-order chi connectivity index (χ0) is 17.3. The number of hydrogen-bond donors (Lipinski definition) is 1. The monoisotopic (exact) mass is 333 g/mol. The Labute approximate surface area is 151 Å². The summed E-state index contributed by atoms with van der Waals surface area (Å²) in [5, 5.41) is 0.